The van der Waals surface area contributed by atoms with E-state index < -0.39 is 5.60 Å². The number of ether oxygens (including phenoxy) is 2. The van der Waals surface area contributed by atoms with Gasteiger partial charge in [-0.25, -0.2) is 4.98 Å². The lowest BCUT2D eigenvalue weighted by Gasteiger charge is -2.38. The first-order chi connectivity index (χ1) is 9.63. The molecule has 1 aliphatic carbocycles. The maximum atomic E-state index is 13.0. The molecule has 2 rings (SSSR count). The summed E-state index contributed by atoms with van der Waals surface area (Å²) in [6.45, 7) is 4.65. The van der Waals surface area contributed by atoms with E-state index in [0.29, 0.717) is 24.0 Å². The Morgan fingerprint density at radius 1 is 1.55 bits per heavy atom. The summed E-state index contributed by atoms with van der Waals surface area (Å²) < 4.78 is 11.2. The highest BCUT2D eigenvalue weighted by atomic mass is 16.5. The Balaban J connectivity index is 2.36. The zero-order valence-corrected chi connectivity index (χ0v) is 12.5. The minimum absolute atomic E-state index is 0.0386. The predicted molar refractivity (Wildman–Crippen MR) is 77.1 cm³/mol. The molecule has 1 heterocycles. The smallest absolute Gasteiger partial charge is 0.216 e. The Morgan fingerprint density at radius 3 is 3.00 bits per heavy atom. The van der Waals surface area contributed by atoms with Crippen molar-refractivity contribution in [2.75, 3.05) is 13.7 Å². The molecule has 0 amide bonds. The lowest BCUT2D eigenvalue weighted by atomic mass is 9.75. The molecule has 2 unspecified atom stereocenters. The van der Waals surface area contributed by atoms with E-state index in [1.807, 2.05) is 6.92 Å². The molecule has 1 aromatic rings. The van der Waals surface area contributed by atoms with Gasteiger partial charge in [-0.1, -0.05) is 13.3 Å². The summed E-state index contributed by atoms with van der Waals surface area (Å²) in [5, 5.41) is 0. The molecular weight excluding hydrogens is 254 g/mol. The van der Waals surface area contributed by atoms with Gasteiger partial charge < -0.3 is 9.47 Å². The van der Waals surface area contributed by atoms with Gasteiger partial charge in [0, 0.05) is 12.8 Å². The van der Waals surface area contributed by atoms with Gasteiger partial charge in [0.2, 0.25) is 5.78 Å². The van der Waals surface area contributed by atoms with Crippen LogP contribution in [0.4, 0.5) is 0 Å². The van der Waals surface area contributed by atoms with E-state index in [1.165, 1.54) is 0 Å². The van der Waals surface area contributed by atoms with Crippen LogP contribution in [-0.4, -0.2) is 30.1 Å². The van der Waals surface area contributed by atoms with Gasteiger partial charge in [-0.3, -0.25) is 4.79 Å². The fourth-order valence-corrected chi connectivity index (χ4v) is 3.12. The molecule has 1 fully saturated rings. The molecule has 1 aromatic heterocycles. The standard InChI is InChI=1S/C16H23NO3/c1-4-20-16(9-5-7-12(2)11-16)15(18)14-13(19-3)8-6-10-17-14/h6,8,10,12H,4-5,7,9,11H2,1-3H3. The van der Waals surface area contributed by atoms with Crippen LogP contribution in [0.5, 0.6) is 5.75 Å². The molecule has 4 heteroatoms. The molecule has 0 bridgehead atoms. The van der Waals surface area contributed by atoms with Crippen LogP contribution in [0.3, 0.4) is 0 Å². The topological polar surface area (TPSA) is 48.4 Å². The first-order valence-electron chi connectivity index (χ1n) is 7.30. The SMILES string of the molecule is CCOC1(C(=O)c2ncccc2OC)CCCC(C)C1. The third kappa shape index (κ3) is 2.85. The van der Waals surface area contributed by atoms with E-state index in [2.05, 4.69) is 11.9 Å². The van der Waals surface area contributed by atoms with Gasteiger partial charge in [-0.2, -0.15) is 0 Å². The number of Topliss-reactive ketones (excluding diaryl/α,β-unsaturated/α-hetero) is 1. The van der Waals surface area contributed by atoms with Crippen molar-refractivity contribution in [1.82, 2.24) is 4.98 Å². The molecule has 0 radical (unpaired) electrons. The van der Waals surface area contributed by atoms with Crippen LogP contribution >= 0.6 is 0 Å². The Bertz CT molecular complexity index is 471. The molecule has 0 aromatic carbocycles. The number of hydrogen-bond donors (Lipinski definition) is 0. The number of hydrogen-bond acceptors (Lipinski definition) is 4. The fraction of sp³-hybridized carbons (Fsp3) is 0.625. The average molecular weight is 277 g/mol. The van der Waals surface area contributed by atoms with Gasteiger partial charge in [-0.15, -0.1) is 0 Å². The second-order valence-corrected chi connectivity index (χ2v) is 5.51. The van der Waals surface area contributed by atoms with Gasteiger partial charge in [0.25, 0.3) is 0 Å². The molecule has 110 valence electrons. The number of methoxy groups -OCH3 is 1. The summed E-state index contributed by atoms with van der Waals surface area (Å²) in [4.78, 5) is 17.2. The van der Waals surface area contributed by atoms with E-state index in [0.717, 1.165) is 25.7 Å². The van der Waals surface area contributed by atoms with Crippen molar-refractivity contribution in [2.45, 2.75) is 45.1 Å². The molecule has 4 nitrogen and oxygen atoms in total. The van der Waals surface area contributed by atoms with E-state index in [1.54, 1.807) is 25.4 Å². The molecule has 2 atom stereocenters. The van der Waals surface area contributed by atoms with Crippen LogP contribution in [0.1, 0.15) is 50.0 Å². The van der Waals surface area contributed by atoms with Gasteiger partial charge >= 0.3 is 0 Å². The van der Waals surface area contributed by atoms with E-state index in [9.17, 15) is 4.79 Å². The summed E-state index contributed by atoms with van der Waals surface area (Å²) in [5.41, 5.74) is -0.342. The first-order valence-corrected chi connectivity index (χ1v) is 7.30. The van der Waals surface area contributed by atoms with E-state index in [4.69, 9.17) is 9.47 Å². The number of carbonyl (C=O) groups excluding carboxylic acids is 1. The monoisotopic (exact) mass is 277 g/mol. The number of aromatic nitrogens is 1. The summed E-state index contributed by atoms with van der Waals surface area (Å²) in [5.74, 6) is 0.979. The van der Waals surface area contributed by atoms with Crippen molar-refractivity contribution >= 4 is 5.78 Å². The van der Waals surface area contributed by atoms with Gasteiger partial charge in [0.05, 0.1) is 7.11 Å². The Morgan fingerprint density at radius 2 is 2.35 bits per heavy atom. The highest BCUT2D eigenvalue weighted by Crippen LogP contribution is 2.38. The third-order valence-corrected chi connectivity index (χ3v) is 4.00. The largest absolute Gasteiger partial charge is 0.494 e. The highest BCUT2D eigenvalue weighted by molar-refractivity contribution is 6.03. The van der Waals surface area contributed by atoms with Crippen molar-refractivity contribution in [1.29, 1.82) is 0 Å². The Kier molecular flexibility index (Phi) is 4.76. The second kappa shape index (κ2) is 6.35. The van der Waals surface area contributed by atoms with Crippen molar-refractivity contribution in [2.24, 2.45) is 5.92 Å². The number of pyridine rings is 1. The number of carbonyl (C=O) groups is 1. The van der Waals surface area contributed by atoms with Gasteiger partial charge in [0.15, 0.2) is 5.69 Å². The van der Waals surface area contributed by atoms with Crippen molar-refractivity contribution in [3.05, 3.63) is 24.0 Å². The molecule has 0 spiro atoms. The van der Waals surface area contributed by atoms with Crippen LogP contribution in [0.2, 0.25) is 0 Å². The van der Waals surface area contributed by atoms with Crippen LogP contribution in [0.15, 0.2) is 18.3 Å². The third-order valence-electron chi connectivity index (χ3n) is 4.00. The van der Waals surface area contributed by atoms with Crippen LogP contribution in [0, 0.1) is 5.92 Å². The van der Waals surface area contributed by atoms with Crippen molar-refractivity contribution in [3.8, 4) is 5.75 Å². The second-order valence-electron chi connectivity index (χ2n) is 5.51. The Labute approximate surface area is 120 Å². The lowest BCUT2D eigenvalue weighted by Crippen LogP contribution is -2.46. The minimum atomic E-state index is -0.728. The quantitative estimate of drug-likeness (QED) is 0.775. The average Bonchev–Trinajstić information content (AvgIpc) is 2.46. The van der Waals surface area contributed by atoms with Crippen molar-refractivity contribution < 1.29 is 14.3 Å². The molecule has 0 aliphatic heterocycles. The number of nitrogens with zero attached hydrogens (tertiary/aromatic N) is 1. The fourth-order valence-electron chi connectivity index (χ4n) is 3.12. The molecule has 1 saturated carbocycles. The summed E-state index contributed by atoms with van der Waals surface area (Å²) in [7, 11) is 1.56. The zero-order chi connectivity index (χ0) is 14.6. The highest BCUT2D eigenvalue weighted by Gasteiger charge is 2.44. The minimum Gasteiger partial charge on any atom is -0.494 e. The summed E-state index contributed by atoms with van der Waals surface area (Å²) >= 11 is 0. The van der Waals surface area contributed by atoms with E-state index >= 15 is 0 Å². The van der Waals surface area contributed by atoms with Crippen LogP contribution in [0.25, 0.3) is 0 Å². The number of rotatable bonds is 5. The van der Waals surface area contributed by atoms with Gasteiger partial charge in [-0.05, 0) is 44.2 Å². The maximum Gasteiger partial charge on any atom is 0.216 e. The Hall–Kier alpha value is -1.42. The first kappa shape index (κ1) is 15.0. The molecular formula is C16H23NO3. The van der Waals surface area contributed by atoms with Crippen LogP contribution < -0.4 is 4.74 Å². The predicted octanol–water partition coefficient (Wildman–Crippen LogP) is 3.26. The maximum absolute atomic E-state index is 13.0. The molecule has 20 heavy (non-hydrogen) atoms. The number of ketones is 1. The van der Waals surface area contributed by atoms with E-state index in [-0.39, 0.29) is 5.78 Å². The molecule has 0 N–H and O–H groups in total. The molecule has 0 saturated heterocycles. The van der Waals surface area contributed by atoms with Crippen LogP contribution in [-0.2, 0) is 4.74 Å². The zero-order valence-electron chi connectivity index (χ0n) is 12.5. The van der Waals surface area contributed by atoms with Gasteiger partial charge in [0.1, 0.15) is 11.4 Å². The summed E-state index contributed by atoms with van der Waals surface area (Å²) in [6, 6.07) is 3.54. The lowest BCUT2D eigenvalue weighted by molar-refractivity contribution is -0.0515. The normalized spacial score (nSPS) is 26.2. The van der Waals surface area contributed by atoms with Crippen molar-refractivity contribution in [3.63, 3.8) is 0 Å². The molecule has 1 aliphatic rings. The summed E-state index contributed by atoms with van der Waals surface area (Å²) in [6.07, 6.45) is 5.33.